The Morgan fingerprint density at radius 3 is 2.10 bits per heavy atom. The molecule has 0 aromatic heterocycles. The molecule has 0 saturated heterocycles. The van der Waals surface area contributed by atoms with Crippen LogP contribution in [0, 0.1) is 11.3 Å². The number of carbonyl (C=O) groups excluding carboxylic acids is 1. The third kappa shape index (κ3) is 15.8. The number of hydrogen-bond acceptors (Lipinski definition) is 4. The maximum Gasteiger partial charge on any atom is 0.341 e. The molecule has 0 aromatic carbocycles. The van der Waals surface area contributed by atoms with Crippen molar-refractivity contribution in [3.05, 3.63) is 25.3 Å². The molecular weight excluding hydrogens is 150 g/mol. The SMILES string of the molecule is C=CC#N.C=CC(=O)OS. The van der Waals surface area contributed by atoms with E-state index in [4.69, 9.17) is 5.26 Å². The number of allylic oxidation sites excluding steroid dienone is 1. The Labute approximate surface area is 65.2 Å². The number of hydrogen-bond donors (Lipinski definition) is 1. The van der Waals surface area contributed by atoms with Crippen LogP contribution in [0.4, 0.5) is 0 Å². The van der Waals surface area contributed by atoms with Gasteiger partial charge in [-0.3, -0.25) is 0 Å². The predicted octanol–water partition coefficient (Wildman–Crippen LogP) is 1.26. The zero-order valence-electron chi connectivity index (χ0n) is 5.28. The van der Waals surface area contributed by atoms with Crippen LogP contribution in [0.1, 0.15) is 0 Å². The van der Waals surface area contributed by atoms with Gasteiger partial charge in [0, 0.05) is 25.1 Å². The highest BCUT2D eigenvalue weighted by Gasteiger charge is 1.83. The van der Waals surface area contributed by atoms with Gasteiger partial charge in [-0.2, -0.15) is 5.26 Å². The van der Waals surface area contributed by atoms with Crippen molar-refractivity contribution < 1.29 is 8.98 Å². The van der Waals surface area contributed by atoms with E-state index in [1.165, 1.54) is 6.08 Å². The minimum Gasteiger partial charge on any atom is -0.391 e. The number of rotatable bonds is 1. The van der Waals surface area contributed by atoms with E-state index >= 15 is 0 Å². The van der Waals surface area contributed by atoms with Gasteiger partial charge in [0.2, 0.25) is 0 Å². The summed E-state index contributed by atoms with van der Waals surface area (Å²) in [5.41, 5.74) is 0. The van der Waals surface area contributed by atoms with E-state index in [0.717, 1.165) is 6.08 Å². The summed E-state index contributed by atoms with van der Waals surface area (Å²) in [5, 5.41) is 7.51. The van der Waals surface area contributed by atoms with Gasteiger partial charge in [-0.15, -0.1) is 0 Å². The maximum atomic E-state index is 9.76. The van der Waals surface area contributed by atoms with Gasteiger partial charge < -0.3 is 4.18 Å². The minimum absolute atomic E-state index is 0.529. The molecule has 3 nitrogen and oxygen atoms in total. The normalized spacial score (nSPS) is 5.60. The molecular formula is C6H7NO2S. The molecule has 0 aliphatic carbocycles. The van der Waals surface area contributed by atoms with Crippen molar-refractivity contribution >= 4 is 18.9 Å². The molecule has 0 atom stereocenters. The second-order valence-corrected chi connectivity index (χ2v) is 1.13. The molecule has 54 valence electrons. The van der Waals surface area contributed by atoms with Gasteiger partial charge in [0.15, 0.2) is 0 Å². The predicted molar refractivity (Wildman–Crippen MR) is 41.1 cm³/mol. The lowest BCUT2D eigenvalue weighted by atomic mass is 10.7. The monoisotopic (exact) mass is 157 g/mol. The van der Waals surface area contributed by atoms with Gasteiger partial charge in [0.05, 0.1) is 6.07 Å². The highest BCUT2D eigenvalue weighted by Crippen LogP contribution is 1.78. The summed E-state index contributed by atoms with van der Waals surface area (Å²) >= 11 is 3.17. The van der Waals surface area contributed by atoms with Crippen LogP contribution in [-0.2, 0) is 8.98 Å². The molecule has 0 spiro atoms. The smallest absolute Gasteiger partial charge is 0.341 e. The second-order valence-electron chi connectivity index (χ2n) is 0.948. The molecule has 0 aliphatic rings. The van der Waals surface area contributed by atoms with Gasteiger partial charge >= 0.3 is 5.97 Å². The Morgan fingerprint density at radius 1 is 1.70 bits per heavy atom. The van der Waals surface area contributed by atoms with Gasteiger partial charge in [-0.1, -0.05) is 13.2 Å². The highest BCUT2D eigenvalue weighted by atomic mass is 32.1. The summed E-state index contributed by atoms with van der Waals surface area (Å²) < 4.78 is 3.84. The fourth-order valence-corrected chi connectivity index (χ4v) is 0.112. The fourth-order valence-electron chi connectivity index (χ4n) is 0.0373. The van der Waals surface area contributed by atoms with Gasteiger partial charge in [-0.25, -0.2) is 4.79 Å². The number of nitrogens with zero attached hydrogens (tertiary/aromatic N) is 1. The van der Waals surface area contributed by atoms with Crippen LogP contribution < -0.4 is 0 Å². The summed E-state index contributed by atoms with van der Waals surface area (Å²) in [6.07, 6.45) is 2.22. The molecule has 4 heteroatoms. The molecule has 0 N–H and O–H groups in total. The Morgan fingerprint density at radius 2 is 2.10 bits per heavy atom. The van der Waals surface area contributed by atoms with Crippen molar-refractivity contribution in [2.75, 3.05) is 0 Å². The van der Waals surface area contributed by atoms with Crippen LogP contribution in [0.25, 0.3) is 0 Å². The number of nitriles is 1. The van der Waals surface area contributed by atoms with E-state index in [1.807, 2.05) is 0 Å². The largest absolute Gasteiger partial charge is 0.391 e. The van der Waals surface area contributed by atoms with Crippen molar-refractivity contribution in [3.63, 3.8) is 0 Å². The lowest BCUT2D eigenvalue weighted by Crippen LogP contribution is -1.86. The fraction of sp³-hybridized carbons (Fsp3) is 0. The van der Waals surface area contributed by atoms with Crippen LogP contribution in [0.15, 0.2) is 25.3 Å². The van der Waals surface area contributed by atoms with Gasteiger partial charge in [-0.05, 0) is 0 Å². The van der Waals surface area contributed by atoms with Crippen molar-refractivity contribution in [2.24, 2.45) is 0 Å². The molecule has 0 fully saturated rings. The summed E-state index contributed by atoms with van der Waals surface area (Å²) in [6, 6.07) is 1.69. The molecule has 10 heavy (non-hydrogen) atoms. The first-order valence-electron chi connectivity index (χ1n) is 2.21. The molecule has 0 radical (unpaired) electrons. The second kappa shape index (κ2) is 10.7. The van der Waals surface area contributed by atoms with E-state index in [-0.39, 0.29) is 0 Å². The van der Waals surface area contributed by atoms with Crippen molar-refractivity contribution in [1.29, 1.82) is 5.26 Å². The van der Waals surface area contributed by atoms with Crippen molar-refractivity contribution in [2.45, 2.75) is 0 Å². The quantitative estimate of drug-likeness (QED) is 0.270. The van der Waals surface area contributed by atoms with E-state index in [0.29, 0.717) is 0 Å². The molecule has 0 bridgehead atoms. The van der Waals surface area contributed by atoms with Crippen LogP contribution >= 0.6 is 12.9 Å². The molecule has 0 aliphatic heterocycles. The van der Waals surface area contributed by atoms with Crippen molar-refractivity contribution in [1.82, 2.24) is 0 Å². The van der Waals surface area contributed by atoms with Crippen LogP contribution in [0.2, 0.25) is 0 Å². The van der Waals surface area contributed by atoms with E-state index in [2.05, 4.69) is 30.3 Å². The number of thiol groups is 1. The molecule has 0 heterocycles. The summed E-state index contributed by atoms with van der Waals surface area (Å²) in [5.74, 6) is -0.529. The lowest BCUT2D eigenvalue weighted by Gasteiger charge is -1.80. The molecule has 0 amide bonds. The standard InChI is InChI=1S/C3H3N.C3H4O2S/c1-2-3-4;1-2-3(4)5-6/h2H,1H2;2,6H,1H2. The highest BCUT2D eigenvalue weighted by molar-refractivity contribution is 7.75. The summed E-state index contributed by atoms with van der Waals surface area (Å²) in [6.45, 7) is 6.23. The Kier molecular flexibility index (Phi) is 12.4. The number of carbonyl (C=O) groups is 1. The summed E-state index contributed by atoms with van der Waals surface area (Å²) in [7, 11) is 0. The first kappa shape index (κ1) is 11.6. The van der Waals surface area contributed by atoms with E-state index < -0.39 is 5.97 Å². The van der Waals surface area contributed by atoms with E-state index in [9.17, 15) is 4.79 Å². The van der Waals surface area contributed by atoms with Gasteiger partial charge in [0.1, 0.15) is 0 Å². The molecule has 0 rings (SSSR count). The average molecular weight is 157 g/mol. The topological polar surface area (TPSA) is 50.1 Å². The van der Waals surface area contributed by atoms with E-state index in [1.54, 1.807) is 6.07 Å². The zero-order valence-corrected chi connectivity index (χ0v) is 6.17. The van der Waals surface area contributed by atoms with Crippen molar-refractivity contribution in [3.8, 4) is 6.07 Å². The Balaban J connectivity index is 0. The molecule has 0 aromatic rings. The average Bonchev–Trinajstić information content (AvgIpc) is 2.03. The Bertz CT molecular complexity index is 160. The molecule has 0 unspecified atom stereocenters. The maximum absolute atomic E-state index is 9.76. The van der Waals surface area contributed by atoms with Gasteiger partial charge in [0.25, 0.3) is 0 Å². The molecule has 0 saturated carbocycles. The lowest BCUT2D eigenvalue weighted by molar-refractivity contribution is -0.127. The summed E-state index contributed by atoms with van der Waals surface area (Å²) in [4.78, 5) is 9.76. The Hall–Kier alpha value is -1.21. The van der Waals surface area contributed by atoms with Crippen LogP contribution in [0.3, 0.4) is 0 Å². The first-order valence-corrected chi connectivity index (χ1v) is 2.57. The minimum atomic E-state index is -0.529. The first-order chi connectivity index (χ1) is 4.72. The van der Waals surface area contributed by atoms with Crippen LogP contribution in [0.5, 0.6) is 0 Å². The van der Waals surface area contributed by atoms with Crippen LogP contribution in [-0.4, -0.2) is 5.97 Å². The third-order valence-corrected chi connectivity index (χ3v) is 0.528. The third-order valence-electron chi connectivity index (χ3n) is 0.348. The zero-order chi connectivity index (χ0) is 8.41.